The summed E-state index contributed by atoms with van der Waals surface area (Å²) in [4.78, 5) is 22.8. The maximum Gasteiger partial charge on any atom is 0.306 e. The Morgan fingerprint density at radius 3 is 2.41 bits per heavy atom. The third-order valence-corrected chi connectivity index (χ3v) is 4.13. The van der Waals surface area contributed by atoms with Crippen LogP contribution in [0.25, 0.3) is 6.08 Å². The topological polar surface area (TPSA) is 66.4 Å². The van der Waals surface area contributed by atoms with Gasteiger partial charge in [-0.3, -0.25) is 9.59 Å². The predicted molar refractivity (Wildman–Crippen MR) is 86.4 cm³/mol. The van der Waals surface area contributed by atoms with Crippen LogP contribution in [-0.4, -0.2) is 23.0 Å². The minimum absolute atomic E-state index is 0.00198. The summed E-state index contributed by atoms with van der Waals surface area (Å²) in [6.45, 7) is 2.04. The van der Waals surface area contributed by atoms with Gasteiger partial charge in [-0.05, 0) is 38.2 Å². The molecule has 0 heterocycles. The second-order valence-electron chi connectivity index (χ2n) is 5.97. The van der Waals surface area contributed by atoms with Crippen LogP contribution in [0.2, 0.25) is 0 Å². The zero-order chi connectivity index (χ0) is 15.9. The van der Waals surface area contributed by atoms with Crippen LogP contribution in [-0.2, 0) is 9.59 Å². The zero-order valence-electron chi connectivity index (χ0n) is 12.9. The fourth-order valence-corrected chi connectivity index (χ4v) is 2.75. The number of carboxylic acids is 1. The van der Waals surface area contributed by atoms with E-state index < -0.39 is 5.97 Å². The first kappa shape index (κ1) is 16.3. The SMILES string of the molecule is Cc1ccc(/C=C/CC(=O)NC2CCC(C(=O)O)CC2)cc1. The van der Waals surface area contributed by atoms with Crippen molar-refractivity contribution in [2.45, 2.75) is 45.1 Å². The molecule has 0 spiro atoms. The van der Waals surface area contributed by atoms with Gasteiger partial charge in [-0.25, -0.2) is 0 Å². The number of carbonyl (C=O) groups is 2. The van der Waals surface area contributed by atoms with Gasteiger partial charge in [-0.15, -0.1) is 0 Å². The van der Waals surface area contributed by atoms with Gasteiger partial charge in [0.1, 0.15) is 0 Å². The summed E-state index contributed by atoms with van der Waals surface area (Å²) < 4.78 is 0. The summed E-state index contributed by atoms with van der Waals surface area (Å²) >= 11 is 0. The number of carboxylic acid groups (broad SMARTS) is 1. The van der Waals surface area contributed by atoms with Crippen LogP contribution in [0.4, 0.5) is 0 Å². The Morgan fingerprint density at radius 2 is 1.82 bits per heavy atom. The van der Waals surface area contributed by atoms with Crippen LogP contribution in [0.3, 0.4) is 0 Å². The number of rotatable bonds is 5. The van der Waals surface area contributed by atoms with Crippen LogP contribution in [0.15, 0.2) is 30.3 Å². The molecular formula is C18H23NO3. The second kappa shape index (κ2) is 7.78. The van der Waals surface area contributed by atoms with Crippen molar-refractivity contribution in [3.05, 3.63) is 41.5 Å². The molecule has 1 aromatic carbocycles. The first-order chi connectivity index (χ1) is 10.5. The lowest BCUT2D eigenvalue weighted by atomic mass is 9.86. The third-order valence-electron chi connectivity index (χ3n) is 4.13. The number of aryl methyl sites for hydroxylation is 1. The molecule has 118 valence electrons. The summed E-state index contributed by atoms with van der Waals surface area (Å²) in [5.74, 6) is -0.956. The predicted octanol–water partition coefficient (Wildman–Crippen LogP) is 3.16. The first-order valence-electron chi connectivity index (χ1n) is 7.80. The Hall–Kier alpha value is -2.10. The lowest BCUT2D eigenvalue weighted by Crippen LogP contribution is -2.38. The first-order valence-corrected chi connectivity index (χ1v) is 7.80. The van der Waals surface area contributed by atoms with Crippen molar-refractivity contribution in [1.29, 1.82) is 0 Å². The van der Waals surface area contributed by atoms with Gasteiger partial charge in [0.15, 0.2) is 0 Å². The molecule has 2 rings (SSSR count). The lowest BCUT2D eigenvalue weighted by molar-refractivity contribution is -0.142. The minimum atomic E-state index is -0.717. The van der Waals surface area contributed by atoms with E-state index in [4.69, 9.17) is 5.11 Å². The van der Waals surface area contributed by atoms with E-state index in [2.05, 4.69) is 5.32 Å². The van der Waals surface area contributed by atoms with E-state index in [0.29, 0.717) is 19.3 Å². The molecule has 0 aromatic heterocycles. The highest BCUT2D eigenvalue weighted by Gasteiger charge is 2.26. The largest absolute Gasteiger partial charge is 0.481 e. The van der Waals surface area contributed by atoms with Crippen molar-refractivity contribution in [2.24, 2.45) is 5.92 Å². The molecule has 4 nitrogen and oxygen atoms in total. The van der Waals surface area contributed by atoms with E-state index in [-0.39, 0.29) is 17.9 Å². The molecule has 2 N–H and O–H groups in total. The average molecular weight is 301 g/mol. The van der Waals surface area contributed by atoms with Gasteiger partial charge in [0.05, 0.1) is 5.92 Å². The molecule has 1 fully saturated rings. The molecule has 1 amide bonds. The fourth-order valence-electron chi connectivity index (χ4n) is 2.75. The van der Waals surface area contributed by atoms with Gasteiger partial charge in [-0.2, -0.15) is 0 Å². The monoisotopic (exact) mass is 301 g/mol. The van der Waals surface area contributed by atoms with Crippen LogP contribution in [0.5, 0.6) is 0 Å². The molecule has 0 bridgehead atoms. The van der Waals surface area contributed by atoms with E-state index in [0.717, 1.165) is 18.4 Å². The molecule has 1 aliphatic rings. The van der Waals surface area contributed by atoms with Crippen molar-refractivity contribution in [1.82, 2.24) is 5.32 Å². The highest BCUT2D eigenvalue weighted by molar-refractivity contribution is 5.78. The van der Waals surface area contributed by atoms with Crippen molar-refractivity contribution < 1.29 is 14.7 Å². The van der Waals surface area contributed by atoms with Crippen molar-refractivity contribution >= 4 is 18.0 Å². The molecule has 1 aliphatic carbocycles. The number of carbonyl (C=O) groups excluding carboxylic acids is 1. The van der Waals surface area contributed by atoms with Gasteiger partial charge in [-0.1, -0.05) is 42.0 Å². The summed E-state index contributed by atoms with van der Waals surface area (Å²) in [6.07, 6.45) is 6.98. The van der Waals surface area contributed by atoms with Gasteiger partial charge >= 0.3 is 5.97 Å². The number of hydrogen-bond acceptors (Lipinski definition) is 2. The van der Waals surface area contributed by atoms with E-state index in [1.807, 2.05) is 43.3 Å². The molecule has 4 heteroatoms. The molecular weight excluding hydrogens is 278 g/mol. The number of hydrogen-bond donors (Lipinski definition) is 2. The highest BCUT2D eigenvalue weighted by Crippen LogP contribution is 2.24. The number of nitrogens with one attached hydrogen (secondary N) is 1. The van der Waals surface area contributed by atoms with Crippen molar-refractivity contribution in [2.75, 3.05) is 0 Å². The van der Waals surface area contributed by atoms with Crippen molar-refractivity contribution in [3.63, 3.8) is 0 Å². The van der Waals surface area contributed by atoms with Gasteiger partial charge in [0.25, 0.3) is 0 Å². The van der Waals surface area contributed by atoms with E-state index in [9.17, 15) is 9.59 Å². The normalized spacial score (nSPS) is 21.7. The molecule has 0 atom stereocenters. The van der Waals surface area contributed by atoms with E-state index >= 15 is 0 Å². The summed E-state index contributed by atoms with van der Waals surface area (Å²) in [7, 11) is 0. The van der Waals surface area contributed by atoms with E-state index in [1.54, 1.807) is 0 Å². The summed E-state index contributed by atoms with van der Waals surface area (Å²) in [5.41, 5.74) is 2.30. The Morgan fingerprint density at radius 1 is 1.18 bits per heavy atom. The molecule has 0 unspecified atom stereocenters. The standard InChI is InChI=1S/C18H23NO3/c1-13-5-7-14(8-6-13)3-2-4-17(20)19-16-11-9-15(10-12-16)18(21)22/h2-3,5-8,15-16H,4,9-12H2,1H3,(H,19,20)(H,21,22)/b3-2+. The molecule has 0 radical (unpaired) electrons. The van der Waals surface area contributed by atoms with Gasteiger partial charge in [0.2, 0.25) is 5.91 Å². The number of aliphatic carboxylic acids is 1. The van der Waals surface area contributed by atoms with Crippen LogP contribution >= 0.6 is 0 Å². The maximum atomic E-state index is 11.9. The smallest absolute Gasteiger partial charge is 0.306 e. The molecule has 1 aromatic rings. The third kappa shape index (κ3) is 5.02. The number of amides is 1. The van der Waals surface area contributed by atoms with Crippen LogP contribution in [0, 0.1) is 12.8 Å². The summed E-state index contributed by atoms with van der Waals surface area (Å²) in [5, 5.41) is 11.9. The zero-order valence-corrected chi connectivity index (χ0v) is 12.9. The second-order valence-corrected chi connectivity index (χ2v) is 5.97. The fraction of sp³-hybridized carbons (Fsp3) is 0.444. The average Bonchev–Trinajstić information content (AvgIpc) is 2.50. The Balaban J connectivity index is 1.72. The highest BCUT2D eigenvalue weighted by atomic mass is 16.4. The Kier molecular flexibility index (Phi) is 5.75. The Bertz CT molecular complexity index is 540. The Labute approximate surface area is 131 Å². The molecule has 1 saturated carbocycles. The maximum absolute atomic E-state index is 11.9. The van der Waals surface area contributed by atoms with Crippen LogP contribution < -0.4 is 5.32 Å². The van der Waals surface area contributed by atoms with Crippen molar-refractivity contribution in [3.8, 4) is 0 Å². The van der Waals surface area contributed by atoms with Gasteiger partial charge < -0.3 is 10.4 Å². The van der Waals surface area contributed by atoms with Crippen LogP contribution in [0.1, 0.15) is 43.2 Å². The molecule has 22 heavy (non-hydrogen) atoms. The van der Waals surface area contributed by atoms with E-state index in [1.165, 1.54) is 5.56 Å². The quantitative estimate of drug-likeness (QED) is 0.878. The summed E-state index contributed by atoms with van der Waals surface area (Å²) in [6, 6.07) is 8.26. The number of benzene rings is 1. The lowest BCUT2D eigenvalue weighted by Gasteiger charge is -2.26. The molecule has 0 aliphatic heterocycles. The van der Waals surface area contributed by atoms with Gasteiger partial charge in [0, 0.05) is 12.5 Å². The molecule has 0 saturated heterocycles. The minimum Gasteiger partial charge on any atom is -0.481 e.